The predicted octanol–water partition coefficient (Wildman–Crippen LogP) is 1.92. The summed E-state index contributed by atoms with van der Waals surface area (Å²) in [6.45, 7) is 9.44. The number of aromatic nitrogens is 2. The fourth-order valence-electron chi connectivity index (χ4n) is 1.22. The van der Waals surface area contributed by atoms with E-state index in [2.05, 4.69) is 41.5 Å². The number of nitrogens with zero attached hydrogens (tertiary/aromatic N) is 2. The maximum absolute atomic E-state index is 5.36. The number of hydrogen-bond donors (Lipinski definition) is 3. The third kappa shape index (κ3) is 3.06. The second-order valence-electron chi connectivity index (χ2n) is 4.71. The number of nitrogen functional groups attached to an aromatic ring is 1. The van der Waals surface area contributed by atoms with E-state index in [9.17, 15) is 0 Å². The van der Waals surface area contributed by atoms with Gasteiger partial charge in [0.25, 0.3) is 0 Å². The highest BCUT2D eigenvalue weighted by atomic mass is 15.3. The summed E-state index contributed by atoms with van der Waals surface area (Å²) in [5.41, 5.74) is 3.75. The molecule has 0 aliphatic heterocycles. The van der Waals surface area contributed by atoms with Crippen LogP contribution in [0, 0.1) is 12.3 Å². The van der Waals surface area contributed by atoms with Crippen LogP contribution in [-0.2, 0) is 0 Å². The van der Waals surface area contributed by atoms with Gasteiger partial charge < -0.3 is 10.7 Å². The van der Waals surface area contributed by atoms with Crippen LogP contribution in [0.5, 0.6) is 0 Å². The van der Waals surface area contributed by atoms with Crippen LogP contribution in [0.4, 0.5) is 11.6 Å². The number of rotatable bonds is 5. The smallest absolute Gasteiger partial charge is 0.148 e. The Kier molecular flexibility index (Phi) is 4.06. The summed E-state index contributed by atoms with van der Waals surface area (Å²) in [5, 5.41) is 3.33. The number of hydrazine groups is 1. The van der Waals surface area contributed by atoms with E-state index in [0.29, 0.717) is 5.82 Å². The molecule has 90 valence electrons. The van der Waals surface area contributed by atoms with Gasteiger partial charge in [0.15, 0.2) is 0 Å². The summed E-state index contributed by atoms with van der Waals surface area (Å²) in [6, 6.07) is 0. The molecule has 1 aromatic heterocycles. The molecule has 0 aliphatic carbocycles. The molecule has 0 atom stereocenters. The lowest BCUT2D eigenvalue weighted by atomic mass is 9.90. The van der Waals surface area contributed by atoms with E-state index in [-0.39, 0.29) is 5.41 Å². The third-order valence-electron chi connectivity index (χ3n) is 2.91. The fraction of sp³-hybridized carbons (Fsp3) is 0.636. The molecule has 5 nitrogen and oxygen atoms in total. The average molecular weight is 223 g/mol. The van der Waals surface area contributed by atoms with E-state index in [1.807, 2.05) is 6.92 Å². The van der Waals surface area contributed by atoms with E-state index < -0.39 is 0 Å². The van der Waals surface area contributed by atoms with Gasteiger partial charge in [0.2, 0.25) is 0 Å². The lowest BCUT2D eigenvalue weighted by Gasteiger charge is -2.23. The van der Waals surface area contributed by atoms with Crippen molar-refractivity contribution in [2.45, 2.75) is 34.1 Å². The molecule has 0 spiro atoms. The van der Waals surface area contributed by atoms with Gasteiger partial charge >= 0.3 is 0 Å². The Balaban J connectivity index is 2.75. The first-order chi connectivity index (χ1) is 7.50. The average Bonchev–Trinajstić information content (AvgIpc) is 2.28. The molecule has 16 heavy (non-hydrogen) atoms. The van der Waals surface area contributed by atoms with Crippen molar-refractivity contribution in [2.24, 2.45) is 11.3 Å². The number of nitrogens with one attached hydrogen (secondary N) is 2. The molecule has 1 rings (SSSR count). The quantitative estimate of drug-likeness (QED) is 0.525. The van der Waals surface area contributed by atoms with E-state index in [0.717, 1.165) is 24.3 Å². The van der Waals surface area contributed by atoms with Gasteiger partial charge in [-0.15, -0.1) is 0 Å². The van der Waals surface area contributed by atoms with Crippen molar-refractivity contribution in [2.75, 3.05) is 17.3 Å². The van der Waals surface area contributed by atoms with Crippen LogP contribution in [-0.4, -0.2) is 16.5 Å². The van der Waals surface area contributed by atoms with Crippen molar-refractivity contribution in [3.8, 4) is 0 Å². The van der Waals surface area contributed by atoms with Crippen molar-refractivity contribution in [3.63, 3.8) is 0 Å². The summed E-state index contributed by atoms with van der Waals surface area (Å²) in [5.74, 6) is 6.86. The van der Waals surface area contributed by atoms with Crippen LogP contribution in [0.2, 0.25) is 0 Å². The van der Waals surface area contributed by atoms with Gasteiger partial charge in [0.05, 0.1) is 0 Å². The van der Waals surface area contributed by atoms with Gasteiger partial charge in [-0.3, -0.25) is 0 Å². The number of nitrogens with two attached hydrogens (primary N) is 1. The highest BCUT2D eigenvalue weighted by molar-refractivity contribution is 5.55. The molecule has 0 bridgehead atoms. The number of hydrogen-bond acceptors (Lipinski definition) is 5. The SMILES string of the molecule is CCC(C)(C)CNc1ncnc(NN)c1C. The van der Waals surface area contributed by atoms with Crippen LogP contribution in [0.1, 0.15) is 32.8 Å². The van der Waals surface area contributed by atoms with Gasteiger partial charge in [0.1, 0.15) is 18.0 Å². The summed E-state index contributed by atoms with van der Waals surface area (Å²) in [7, 11) is 0. The van der Waals surface area contributed by atoms with E-state index in [4.69, 9.17) is 5.84 Å². The predicted molar refractivity (Wildman–Crippen MR) is 67.1 cm³/mol. The fourth-order valence-corrected chi connectivity index (χ4v) is 1.22. The molecular weight excluding hydrogens is 202 g/mol. The Morgan fingerprint density at radius 2 is 1.94 bits per heavy atom. The second kappa shape index (κ2) is 5.12. The number of anilines is 2. The summed E-state index contributed by atoms with van der Waals surface area (Å²) in [6.07, 6.45) is 2.62. The molecule has 1 heterocycles. The molecule has 0 saturated heterocycles. The van der Waals surface area contributed by atoms with Crippen molar-refractivity contribution in [3.05, 3.63) is 11.9 Å². The standard InChI is InChI=1S/C11H21N5/c1-5-11(3,4)6-13-9-8(2)10(16-12)15-7-14-9/h7H,5-6,12H2,1-4H3,(H2,13,14,15,16). The largest absolute Gasteiger partial charge is 0.369 e. The third-order valence-corrected chi connectivity index (χ3v) is 2.91. The Hall–Kier alpha value is -1.36. The minimum absolute atomic E-state index is 0.258. The molecule has 0 radical (unpaired) electrons. The maximum Gasteiger partial charge on any atom is 0.148 e. The zero-order valence-corrected chi connectivity index (χ0v) is 10.5. The maximum atomic E-state index is 5.36. The summed E-state index contributed by atoms with van der Waals surface area (Å²) >= 11 is 0. The lowest BCUT2D eigenvalue weighted by molar-refractivity contribution is 0.376. The summed E-state index contributed by atoms with van der Waals surface area (Å²) < 4.78 is 0. The Labute approximate surface area is 96.8 Å². The lowest BCUT2D eigenvalue weighted by Crippen LogP contribution is -2.23. The van der Waals surface area contributed by atoms with E-state index >= 15 is 0 Å². The molecular formula is C11H21N5. The van der Waals surface area contributed by atoms with Gasteiger partial charge in [0, 0.05) is 12.1 Å². The van der Waals surface area contributed by atoms with Crippen LogP contribution in [0.25, 0.3) is 0 Å². The molecule has 1 aromatic rings. The molecule has 0 saturated carbocycles. The van der Waals surface area contributed by atoms with Crippen molar-refractivity contribution in [1.29, 1.82) is 0 Å². The normalized spacial score (nSPS) is 11.3. The monoisotopic (exact) mass is 223 g/mol. The van der Waals surface area contributed by atoms with Gasteiger partial charge in [-0.1, -0.05) is 20.8 Å². The highest BCUT2D eigenvalue weighted by Crippen LogP contribution is 2.22. The van der Waals surface area contributed by atoms with E-state index in [1.165, 1.54) is 6.33 Å². The van der Waals surface area contributed by atoms with Gasteiger partial charge in [-0.05, 0) is 18.8 Å². The summed E-state index contributed by atoms with van der Waals surface area (Å²) in [4.78, 5) is 8.24. The highest BCUT2D eigenvalue weighted by Gasteiger charge is 2.15. The second-order valence-corrected chi connectivity index (χ2v) is 4.71. The zero-order chi connectivity index (χ0) is 12.2. The van der Waals surface area contributed by atoms with Crippen molar-refractivity contribution >= 4 is 11.6 Å². The van der Waals surface area contributed by atoms with Crippen LogP contribution in [0.3, 0.4) is 0 Å². The van der Waals surface area contributed by atoms with Gasteiger partial charge in [-0.2, -0.15) is 0 Å². The Bertz CT molecular complexity index is 348. The Morgan fingerprint density at radius 1 is 1.31 bits per heavy atom. The molecule has 0 fully saturated rings. The van der Waals surface area contributed by atoms with E-state index in [1.54, 1.807) is 0 Å². The van der Waals surface area contributed by atoms with Crippen LogP contribution in [0.15, 0.2) is 6.33 Å². The molecule has 0 amide bonds. The molecule has 0 unspecified atom stereocenters. The molecule has 0 aliphatic rings. The van der Waals surface area contributed by atoms with Crippen LogP contribution < -0.4 is 16.6 Å². The molecule has 5 heteroatoms. The Morgan fingerprint density at radius 3 is 2.50 bits per heavy atom. The molecule has 4 N–H and O–H groups in total. The van der Waals surface area contributed by atoms with Crippen molar-refractivity contribution < 1.29 is 0 Å². The minimum Gasteiger partial charge on any atom is -0.369 e. The van der Waals surface area contributed by atoms with Crippen molar-refractivity contribution in [1.82, 2.24) is 9.97 Å². The zero-order valence-electron chi connectivity index (χ0n) is 10.5. The minimum atomic E-state index is 0.258. The topological polar surface area (TPSA) is 75.9 Å². The first kappa shape index (κ1) is 12.7. The molecule has 0 aromatic carbocycles. The van der Waals surface area contributed by atoms with Gasteiger partial charge in [-0.25, -0.2) is 15.8 Å². The van der Waals surface area contributed by atoms with Crippen LogP contribution >= 0.6 is 0 Å². The first-order valence-electron chi connectivity index (χ1n) is 5.52. The first-order valence-corrected chi connectivity index (χ1v) is 5.52.